The molecule has 7 nitrogen and oxygen atoms in total. The molecule has 0 aliphatic rings. The van der Waals surface area contributed by atoms with E-state index in [1.54, 1.807) is 36.3 Å². The van der Waals surface area contributed by atoms with E-state index in [9.17, 15) is 4.79 Å². The molecule has 0 bridgehead atoms. The number of carbonyl (C=O) groups is 1. The molecule has 0 aliphatic heterocycles. The number of rotatable bonds is 7. The first-order chi connectivity index (χ1) is 12.1. The Morgan fingerprint density at radius 3 is 2.84 bits per heavy atom. The number of anilines is 1. The molecule has 1 amide bonds. The van der Waals surface area contributed by atoms with Gasteiger partial charge in [0.25, 0.3) is 5.91 Å². The predicted molar refractivity (Wildman–Crippen MR) is 99.4 cm³/mol. The van der Waals surface area contributed by atoms with Crippen molar-refractivity contribution in [3.05, 3.63) is 63.9 Å². The van der Waals surface area contributed by atoms with Crippen LogP contribution in [0.5, 0.6) is 5.75 Å². The fourth-order valence-corrected chi connectivity index (χ4v) is 2.45. The molecule has 1 aromatic carbocycles. The topological polar surface area (TPSA) is 78.5 Å². The summed E-state index contributed by atoms with van der Waals surface area (Å²) in [6, 6.07) is 11.0. The van der Waals surface area contributed by atoms with Gasteiger partial charge >= 0.3 is 0 Å². The van der Waals surface area contributed by atoms with Gasteiger partial charge in [-0.25, -0.2) is 4.68 Å². The van der Waals surface area contributed by atoms with Crippen LogP contribution in [-0.4, -0.2) is 22.8 Å². The zero-order valence-electron chi connectivity index (χ0n) is 13.4. The molecule has 3 aromatic rings. The largest absolute Gasteiger partial charge is 0.486 e. The van der Waals surface area contributed by atoms with Gasteiger partial charge in [-0.15, -0.1) is 0 Å². The fourth-order valence-electron chi connectivity index (χ4n) is 2.09. The van der Waals surface area contributed by atoms with Crippen molar-refractivity contribution in [3.8, 4) is 5.75 Å². The lowest BCUT2D eigenvalue weighted by Crippen LogP contribution is -2.10. The van der Waals surface area contributed by atoms with Crippen molar-refractivity contribution in [1.29, 1.82) is 0 Å². The third-order valence-corrected chi connectivity index (χ3v) is 3.95. The third kappa shape index (κ3) is 4.83. The van der Waals surface area contributed by atoms with E-state index in [0.29, 0.717) is 18.2 Å². The van der Waals surface area contributed by atoms with Gasteiger partial charge in [-0.3, -0.25) is 4.79 Å². The van der Waals surface area contributed by atoms with E-state index < -0.39 is 0 Å². The molecule has 2 aromatic heterocycles. The lowest BCUT2D eigenvalue weighted by Gasteiger charge is -2.04. The van der Waals surface area contributed by atoms with Gasteiger partial charge in [0.2, 0.25) is 0 Å². The van der Waals surface area contributed by atoms with Crippen molar-refractivity contribution < 1.29 is 18.7 Å². The maximum absolute atomic E-state index is 12.2. The number of nitrogens with one attached hydrogen (secondary N) is 1. The monoisotopic (exact) mass is 453 g/mol. The number of hydrogen-bond donors (Lipinski definition) is 1. The quantitative estimate of drug-likeness (QED) is 0.554. The second-order valence-electron chi connectivity index (χ2n) is 5.15. The molecule has 25 heavy (non-hydrogen) atoms. The number of methoxy groups -OCH3 is 1. The Hall–Kier alpha value is -2.33. The highest BCUT2D eigenvalue weighted by atomic mass is 127. The zero-order valence-corrected chi connectivity index (χ0v) is 15.6. The molecule has 8 heteroatoms. The van der Waals surface area contributed by atoms with Crippen molar-refractivity contribution in [3.63, 3.8) is 0 Å². The average molecular weight is 453 g/mol. The van der Waals surface area contributed by atoms with Gasteiger partial charge in [-0.05, 0) is 59.0 Å². The van der Waals surface area contributed by atoms with Gasteiger partial charge in [-0.1, -0.05) is 0 Å². The Morgan fingerprint density at radius 1 is 1.28 bits per heavy atom. The number of ether oxygens (including phenoxy) is 2. The van der Waals surface area contributed by atoms with E-state index in [1.807, 2.05) is 24.3 Å². The van der Waals surface area contributed by atoms with Gasteiger partial charge in [0.1, 0.15) is 24.8 Å². The van der Waals surface area contributed by atoms with Crippen LogP contribution in [0, 0.1) is 3.57 Å². The minimum Gasteiger partial charge on any atom is -0.486 e. The van der Waals surface area contributed by atoms with Crippen LogP contribution in [0.4, 0.5) is 5.69 Å². The first kappa shape index (κ1) is 17.5. The molecular formula is C17H16IN3O4. The van der Waals surface area contributed by atoms with Crippen molar-refractivity contribution in [2.75, 3.05) is 12.4 Å². The maximum atomic E-state index is 12.2. The molecule has 0 aliphatic carbocycles. The van der Waals surface area contributed by atoms with Crippen LogP contribution in [0.15, 0.2) is 53.2 Å². The van der Waals surface area contributed by atoms with Crippen LogP contribution in [-0.2, 0) is 18.1 Å². The molecule has 0 spiro atoms. The van der Waals surface area contributed by atoms with E-state index in [2.05, 4.69) is 33.0 Å². The van der Waals surface area contributed by atoms with Crippen molar-refractivity contribution >= 4 is 34.2 Å². The summed E-state index contributed by atoms with van der Waals surface area (Å²) in [4.78, 5) is 12.2. The molecule has 1 N–H and O–H groups in total. The molecular weight excluding hydrogens is 437 g/mol. The highest BCUT2D eigenvalue weighted by Gasteiger charge is 2.13. The smallest absolute Gasteiger partial charge is 0.291 e. The molecule has 0 atom stereocenters. The number of halogens is 1. The standard InChI is InChI=1S/C17H16IN3O4/c1-23-11-21-9-13(8-19-21)20-17(22)16-7-6-15(25-16)10-24-14-4-2-12(18)3-5-14/h2-9H,10-11H2,1H3,(H,20,22). The van der Waals surface area contributed by atoms with Crippen LogP contribution in [0.1, 0.15) is 16.3 Å². The van der Waals surface area contributed by atoms with Gasteiger partial charge in [0.15, 0.2) is 5.76 Å². The summed E-state index contributed by atoms with van der Waals surface area (Å²) in [5.41, 5.74) is 0.565. The summed E-state index contributed by atoms with van der Waals surface area (Å²) in [6.07, 6.45) is 3.21. The number of benzene rings is 1. The second kappa shape index (κ2) is 8.17. The number of nitrogens with zero attached hydrogens (tertiary/aromatic N) is 2. The van der Waals surface area contributed by atoms with E-state index >= 15 is 0 Å². The number of carbonyl (C=O) groups excluding carboxylic acids is 1. The zero-order chi connectivity index (χ0) is 17.6. The fraction of sp³-hybridized carbons (Fsp3) is 0.176. The molecule has 0 fully saturated rings. The summed E-state index contributed by atoms with van der Waals surface area (Å²) in [5.74, 6) is 1.17. The number of hydrogen-bond acceptors (Lipinski definition) is 5. The molecule has 0 saturated heterocycles. The summed E-state index contributed by atoms with van der Waals surface area (Å²) in [6.45, 7) is 0.566. The van der Waals surface area contributed by atoms with Crippen molar-refractivity contribution in [2.24, 2.45) is 0 Å². The number of furan rings is 1. The van der Waals surface area contributed by atoms with Gasteiger partial charge in [0.05, 0.1) is 18.1 Å². The third-order valence-electron chi connectivity index (χ3n) is 3.23. The average Bonchev–Trinajstić information content (AvgIpc) is 3.24. The predicted octanol–water partition coefficient (Wildman–Crippen LogP) is 3.52. The highest BCUT2D eigenvalue weighted by molar-refractivity contribution is 14.1. The van der Waals surface area contributed by atoms with Gasteiger partial charge in [0, 0.05) is 10.7 Å². The molecule has 0 radical (unpaired) electrons. The Labute approximate surface area is 158 Å². The van der Waals surface area contributed by atoms with Crippen molar-refractivity contribution in [1.82, 2.24) is 9.78 Å². The van der Waals surface area contributed by atoms with Crippen LogP contribution >= 0.6 is 22.6 Å². The van der Waals surface area contributed by atoms with Crippen LogP contribution in [0.3, 0.4) is 0 Å². The summed E-state index contributed by atoms with van der Waals surface area (Å²) in [5, 5.41) is 6.77. The number of aromatic nitrogens is 2. The highest BCUT2D eigenvalue weighted by Crippen LogP contribution is 2.17. The van der Waals surface area contributed by atoms with Crippen LogP contribution in [0.25, 0.3) is 0 Å². The Kier molecular flexibility index (Phi) is 5.71. The van der Waals surface area contributed by atoms with Crippen LogP contribution in [0.2, 0.25) is 0 Å². The van der Waals surface area contributed by atoms with E-state index in [-0.39, 0.29) is 18.3 Å². The van der Waals surface area contributed by atoms with Crippen LogP contribution < -0.4 is 10.1 Å². The van der Waals surface area contributed by atoms with E-state index in [0.717, 1.165) is 9.32 Å². The first-order valence-corrected chi connectivity index (χ1v) is 8.52. The summed E-state index contributed by atoms with van der Waals surface area (Å²) in [7, 11) is 1.57. The van der Waals surface area contributed by atoms with E-state index in [1.165, 1.54) is 0 Å². The van der Waals surface area contributed by atoms with E-state index in [4.69, 9.17) is 13.9 Å². The number of amides is 1. The molecule has 2 heterocycles. The molecule has 0 saturated carbocycles. The van der Waals surface area contributed by atoms with Crippen molar-refractivity contribution in [2.45, 2.75) is 13.3 Å². The SMILES string of the molecule is COCn1cc(NC(=O)c2ccc(COc3ccc(I)cc3)o2)cn1. The Bertz CT molecular complexity index is 842. The minimum absolute atomic E-state index is 0.209. The van der Waals surface area contributed by atoms with Gasteiger partial charge in [-0.2, -0.15) is 5.10 Å². The summed E-state index contributed by atoms with van der Waals surface area (Å²) >= 11 is 2.23. The lowest BCUT2D eigenvalue weighted by molar-refractivity contribution is 0.0992. The maximum Gasteiger partial charge on any atom is 0.291 e. The first-order valence-electron chi connectivity index (χ1n) is 7.44. The minimum atomic E-state index is -0.350. The Morgan fingerprint density at radius 2 is 2.08 bits per heavy atom. The lowest BCUT2D eigenvalue weighted by atomic mass is 10.3. The second-order valence-corrected chi connectivity index (χ2v) is 6.39. The van der Waals surface area contributed by atoms with Gasteiger partial charge < -0.3 is 19.2 Å². The molecule has 0 unspecified atom stereocenters. The molecule has 3 rings (SSSR count). The molecule has 130 valence electrons. The normalized spacial score (nSPS) is 10.6. The summed E-state index contributed by atoms with van der Waals surface area (Å²) < 4.78 is 18.8. The Balaban J connectivity index is 1.56.